The molecular formula is C19H21F4N3O. The third-order valence-electron chi connectivity index (χ3n) is 4.40. The Morgan fingerprint density at radius 2 is 1.96 bits per heavy atom. The Balaban J connectivity index is 2.00. The van der Waals surface area contributed by atoms with Gasteiger partial charge in [0.2, 0.25) is 0 Å². The van der Waals surface area contributed by atoms with Gasteiger partial charge in [0.25, 0.3) is 0 Å². The second-order valence-electron chi connectivity index (χ2n) is 6.37. The number of carbonyl (C=O) groups excluding carboxylic acids is 1. The molecule has 0 saturated heterocycles. The molecule has 0 spiro atoms. The molecule has 1 atom stereocenters. The van der Waals surface area contributed by atoms with Crippen molar-refractivity contribution in [3.63, 3.8) is 0 Å². The third-order valence-corrected chi connectivity index (χ3v) is 4.40. The third kappa shape index (κ3) is 5.18. The first-order valence-corrected chi connectivity index (χ1v) is 8.37. The molecule has 0 fully saturated rings. The molecule has 2 aromatic rings. The molecule has 8 heteroatoms. The number of hydrogen-bond donors (Lipinski definition) is 1. The van der Waals surface area contributed by atoms with E-state index < -0.39 is 23.6 Å². The highest BCUT2D eigenvalue weighted by atomic mass is 19.4. The molecule has 1 aromatic heterocycles. The van der Waals surface area contributed by atoms with Crippen LogP contribution in [0.2, 0.25) is 0 Å². The van der Waals surface area contributed by atoms with E-state index >= 15 is 0 Å². The highest BCUT2D eigenvalue weighted by Gasteiger charge is 2.34. The molecule has 0 radical (unpaired) electrons. The fraction of sp³-hybridized carbons (Fsp3) is 0.368. The van der Waals surface area contributed by atoms with Gasteiger partial charge in [0.05, 0.1) is 5.56 Å². The number of benzene rings is 1. The summed E-state index contributed by atoms with van der Waals surface area (Å²) in [5.41, 5.74) is 0.291. The van der Waals surface area contributed by atoms with Crippen molar-refractivity contribution in [3.05, 3.63) is 64.7 Å². The van der Waals surface area contributed by atoms with Crippen LogP contribution >= 0.6 is 0 Å². The van der Waals surface area contributed by atoms with Crippen LogP contribution in [0.4, 0.5) is 22.4 Å². The zero-order valence-corrected chi connectivity index (χ0v) is 15.3. The Morgan fingerprint density at radius 3 is 2.59 bits per heavy atom. The molecule has 1 N–H and O–H groups in total. The summed E-state index contributed by atoms with van der Waals surface area (Å²) in [6.45, 7) is 3.42. The van der Waals surface area contributed by atoms with Gasteiger partial charge in [-0.2, -0.15) is 13.2 Å². The van der Waals surface area contributed by atoms with Gasteiger partial charge in [-0.05, 0) is 31.5 Å². The monoisotopic (exact) mass is 383 g/mol. The first kappa shape index (κ1) is 20.7. The number of nitrogens with one attached hydrogen (secondary N) is 1. The number of rotatable bonds is 5. The van der Waals surface area contributed by atoms with Crippen molar-refractivity contribution in [2.45, 2.75) is 39.0 Å². The molecule has 1 aromatic carbocycles. The summed E-state index contributed by atoms with van der Waals surface area (Å²) >= 11 is 0. The number of pyridine rings is 1. The predicted molar refractivity (Wildman–Crippen MR) is 93.5 cm³/mol. The van der Waals surface area contributed by atoms with Crippen LogP contribution in [0.1, 0.15) is 29.3 Å². The van der Waals surface area contributed by atoms with Crippen molar-refractivity contribution in [1.29, 1.82) is 0 Å². The lowest BCUT2D eigenvalue weighted by atomic mass is 10.1. The number of aryl methyl sites for hydroxylation is 1. The first-order valence-electron chi connectivity index (χ1n) is 8.37. The van der Waals surface area contributed by atoms with Crippen molar-refractivity contribution >= 4 is 6.03 Å². The molecule has 2 amide bonds. The first-order chi connectivity index (χ1) is 12.6. The normalized spacial score (nSPS) is 12.6. The Kier molecular flexibility index (Phi) is 6.41. The summed E-state index contributed by atoms with van der Waals surface area (Å²) in [5.74, 6) is -1.37. The van der Waals surface area contributed by atoms with Crippen LogP contribution in [-0.2, 0) is 19.1 Å². The molecule has 2 rings (SSSR count). The molecule has 0 saturated carbocycles. The fourth-order valence-electron chi connectivity index (χ4n) is 2.58. The molecule has 146 valence electrons. The van der Waals surface area contributed by atoms with Crippen LogP contribution in [-0.4, -0.2) is 29.0 Å². The van der Waals surface area contributed by atoms with Crippen LogP contribution in [0, 0.1) is 12.7 Å². The quantitative estimate of drug-likeness (QED) is 0.782. The number of nitrogens with zero attached hydrogens (tertiary/aromatic N) is 2. The summed E-state index contributed by atoms with van der Waals surface area (Å²) in [4.78, 5) is 18.0. The number of aromatic nitrogens is 1. The van der Waals surface area contributed by atoms with Crippen molar-refractivity contribution in [2.24, 2.45) is 0 Å². The molecule has 0 bridgehead atoms. The molecule has 1 unspecified atom stereocenters. The maximum atomic E-state index is 14.0. The van der Waals surface area contributed by atoms with Crippen LogP contribution < -0.4 is 5.32 Å². The Bertz CT molecular complexity index is 808. The van der Waals surface area contributed by atoms with E-state index in [0.717, 1.165) is 17.3 Å². The van der Waals surface area contributed by atoms with E-state index in [1.54, 1.807) is 13.2 Å². The zero-order chi connectivity index (χ0) is 20.2. The van der Waals surface area contributed by atoms with Gasteiger partial charge in [-0.15, -0.1) is 0 Å². The van der Waals surface area contributed by atoms with Crippen LogP contribution in [0.5, 0.6) is 0 Å². The topological polar surface area (TPSA) is 45.2 Å². The highest BCUT2D eigenvalue weighted by molar-refractivity contribution is 5.74. The van der Waals surface area contributed by atoms with E-state index in [0.29, 0.717) is 12.5 Å². The number of urea groups is 1. The average molecular weight is 383 g/mol. The average Bonchev–Trinajstić information content (AvgIpc) is 2.60. The second kappa shape index (κ2) is 8.37. The lowest BCUT2D eigenvalue weighted by Crippen LogP contribution is -2.43. The Labute approximate surface area is 155 Å². The van der Waals surface area contributed by atoms with E-state index in [1.165, 1.54) is 11.0 Å². The summed E-state index contributed by atoms with van der Waals surface area (Å²) in [5, 5.41) is 2.46. The zero-order valence-electron chi connectivity index (χ0n) is 15.3. The maximum Gasteiger partial charge on any atom is 0.419 e. The van der Waals surface area contributed by atoms with Gasteiger partial charge < -0.3 is 10.2 Å². The van der Waals surface area contributed by atoms with E-state index in [4.69, 9.17) is 0 Å². The largest absolute Gasteiger partial charge is 0.419 e. The van der Waals surface area contributed by atoms with E-state index in [9.17, 15) is 22.4 Å². The second-order valence-corrected chi connectivity index (χ2v) is 6.37. The number of amides is 2. The van der Waals surface area contributed by atoms with E-state index in [2.05, 4.69) is 10.3 Å². The van der Waals surface area contributed by atoms with Gasteiger partial charge in [-0.3, -0.25) is 4.98 Å². The number of halogens is 4. The summed E-state index contributed by atoms with van der Waals surface area (Å²) in [6.07, 6.45) is -2.59. The van der Waals surface area contributed by atoms with Crippen molar-refractivity contribution < 1.29 is 22.4 Å². The van der Waals surface area contributed by atoms with Crippen LogP contribution in [0.25, 0.3) is 0 Å². The van der Waals surface area contributed by atoms with Crippen LogP contribution in [0.3, 0.4) is 0 Å². The Morgan fingerprint density at radius 1 is 1.26 bits per heavy atom. The minimum atomic E-state index is -4.78. The van der Waals surface area contributed by atoms with Gasteiger partial charge in [0.1, 0.15) is 5.82 Å². The standard InChI is InChI=1S/C19H21F4N3O/c1-12-6-5-9-24-16(12)10-13(2)26(3)18(27)25-11-14-7-4-8-15(17(14)20)19(21,22)23/h4-9,13H,10-11H2,1-3H3,(H,25,27). The van der Waals surface area contributed by atoms with Crippen molar-refractivity contribution in [2.75, 3.05) is 7.05 Å². The van der Waals surface area contributed by atoms with Gasteiger partial charge in [-0.1, -0.05) is 18.2 Å². The minimum Gasteiger partial charge on any atom is -0.334 e. The lowest BCUT2D eigenvalue weighted by molar-refractivity contribution is -0.140. The van der Waals surface area contributed by atoms with E-state index in [1.807, 2.05) is 26.0 Å². The van der Waals surface area contributed by atoms with Crippen LogP contribution in [0.15, 0.2) is 36.5 Å². The molecule has 1 heterocycles. The lowest BCUT2D eigenvalue weighted by Gasteiger charge is -2.25. The number of carbonyl (C=O) groups is 1. The predicted octanol–water partition coefficient (Wildman–Crippen LogP) is 4.32. The molecule has 0 aliphatic carbocycles. The number of alkyl halides is 3. The van der Waals surface area contributed by atoms with Gasteiger partial charge in [0, 0.05) is 43.5 Å². The molecular weight excluding hydrogens is 362 g/mol. The number of likely N-dealkylation sites (N-methyl/N-ethyl adjacent to an activating group) is 1. The van der Waals surface area contributed by atoms with E-state index in [-0.39, 0.29) is 18.2 Å². The highest BCUT2D eigenvalue weighted by Crippen LogP contribution is 2.32. The molecule has 0 aliphatic rings. The van der Waals surface area contributed by atoms with Gasteiger partial charge in [0.15, 0.2) is 0 Å². The van der Waals surface area contributed by atoms with Gasteiger partial charge in [-0.25, -0.2) is 9.18 Å². The summed E-state index contributed by atoms with van der Waals surface area (Å²) < 4.78 is 52.3. The Hall–Kier alpha value is -2.64. The summed E-state index contributed by atoms with van der Waals surface area (Å²) in [6, 6.07) is 6.03. The van der Waals surface area contributed by atoms with Crippen molar-refractivity contribution in [1.82, 2.24) is 15.2 Å². The SMILES string of the molecule is Cc1cccnc1CC(C)N(C)C(=O)NCc1cccc(C(F)(F)F)c1F. The van der Waals surface area contributed by atoms with Gasteiger partial charge >= 0.3 is 12.2 Å². The molecule has 4 nitrogen and oxygen atoms in total. The van der Waals surface area contributed by atoms with Crippen molar-refractivity contribution in [3.8, 4) is 0 Å². The summed E-state index contributed by atoms with van der Waals surface area (Å²) in [7, 11) is 1.57. The molecule has 0 aliphatic heterocycles. The minimum absolute atomic E-state index is 0.204. The fourth-order valence-corrected chi connectivity index (χ4v) is 2.58. The smallest absolute Gasteiger partial charge is 0.334 e. The molecule has 27 heavy (non-hydrogen) atoms. The number of hydrogen-bond acceptors (Lipinski definition) is 2. The maximum absolute atomic E-state index is 14.0.